The Morgan fingerprint density at radius 1 is 1.03 bits per heavy atom. The van der Waals surface area contributed by atoms with E-state index in [-0.39, 0.29) is 23.3 Å². The van der Waals surface area contributed by atoms with E-state index < -0.39 is 0 Å². The molecule has 3 atom stereocenters. The van der Waals surface area contributed by atoms with Gasteiger partial charge in [0.1, 0.15) is 23.6 Å². The quantitative estimate of drug-likeness (QED) is 0.399. The molecule has 2 aromatic carbocycles. The van der Waals surface area contributed by atoms with E-state index in [4.69, 9.17) is 4.42 Å². The molecule has 5 heteroatoms. The number of nitrogens with zero attached hydrogens (tertiary/aromatic N) is 3. The van der Waals surface area contributed by atoms with Crippen molar-refractivity contribution >= 4 is 17.3 Å². The molecule has 0 saturated heterocycles. The predicted molar refractivity (Wildman–Crippen MR) is 117 cm³/mol. The van der Waals surface area contributed by atoms with Gasteiger partial charge in [0.15, 0.2) is 0 Å². The SMILES string of the molecule is CC(C=O)C(c1ccccc1)C(c1cc(C(C)(C)C)co1)n1nnc2ccccc21. The summed E-state index contributed by atoms with van der Waals surface area (Å²) >= 11 is 0. The molecule has 30 heavy (non-hydrogen) atoms. The molecule has 0 aliphatic carbocycles. The maximum absolute atomic E-state index is 12.0. The topological polar surface area (TPSA) is 60.9 Å². The average Bonchev–Trinajstić information content (AvgIpc) is 3.40. The van der Waals surface area contributed by atoms with Crippen LogP contribution in [0.3, 0.4) is 0 Å². The monoisotopic (exact) mass is 401 g/mol. The highest BCUT2D eigenvalue weighted by atomic mass is 16.3. The van der Waals surface area contributed by atoms with Crippen LogP contribution >= 0.6 is 0 Å². The molecular formula is C25H27N3O2. The molecule has 0 aliphatic rings. The summed E-state index contributed by atoms with van der Waals surface area (Å²) in [5.41, 5.74) is 3.86. The van der Waals surface area contributed by atoms with E-state index in [1.54, 1.807) is 0 Å². The number of carbonyl (C=O) groups is 1. The Morgan fingerprint density at radius 2 is 1.73 bits per heavy atom. The molecule has 0 saturated carbocycles. The lowest BCUT2D eigenvalue weighted by atomic mass is 9.80. The van der Waals surface area contributed by atoms with Crippen molar-refractivity contribution in [2.45, 2.75) is 45.1 Å². The van der Waals surface area contributed by atoms with Crippen molar-refractivity contribution in [2.75, 3.05) is 0 Å². The molecular weight excluding hydrogens is 374 g/mol. The lowest BCUT2D eigenvalue weighted by Gasteiger charge is -2.29. The van der Waals surface area contributed by atoms with Crippen LogP contribution in [0.4, 0.5) is 0 Å². The molecule has 0 radical (unpaired) electrons. The van der Waals surface area contributed by atoms with Gasteiger partial charge in [-0.05, 0) is 34.7 Å². The van der Waals surface area contributed by atoms with Crippen molar-refractivity contribution in [3.8, 4) is 0 Å². The number of fused-ring (bicyclic) bond motifs is 1. The fourth-order valence-electron chi connectivity index (χ4n) is 3.98. The van der Waals surface area contributed by atoms with Gasteiger partial charge in [0.05, 0.1) is 11.8 Å². The minimum Gasteiger partial charge on any atom is -0.467 e. The molecule has 2 heterocycles. The van der Waals surface area contributed by atoms with Gasteiger partial charge >= 0.3 is 0 Å². The van der Waals surface area contributed by atoms with Crippen molar-refractivity contribution in [2.24, 2.45) is 5.92 Å². The molecule has 4 aromatic rings. The number of hydrogen-bond donors (Lipinski definition) is 0. The summed E-state index contributed by atoms with van der Waals surface area (Å²) in [5.74, 6) is 0.370. The number of aldehydes is 1. The van der Waals surface area contributed by atoms with Crippen molar-refractivity contribution in [1.82, 2.24) is 15.0 Å². The summed E-state index contributed by atoms with van der Waals surface area (Å²) in [5, 5.41) is 8.86. The van der Waals surface area contributed by atoms with E-state index in [1.807, 2.05) is 60.3 Å². The number of rotatable bonds is 6. The summed E-state index contributed by atoms with van der Waals surface area (Å²) in [6.45, 7) is 8.42. The number of carbonyl (C=O) groups excluding carboxylic acids is 1. The maximum Gasteiger partial charge on any atom is 0.129 e. The van der Waals surface area contributed by atoms with E-state index in [0.717, 1.165) is 34.2 Å². The minimum absolute atomic E-state index is 0.0464. The van der Waals surface area contributed by atoms with Gasteiger partial charge in [-0.15, -0.1) is 5.10 Å². The van der Waals surface area contributed by atoms with Gasteiger partial charge in [-0.3, -0.25) is 0 Å². The molecule has 0 fully saturated rings. The van der Waals surface area contributed by atoms with Crippen LogP contribution in [0, 0.1) is 5.92 Å². The summed E-state index contributed by atoms with van der Waals surface area (Å²) < 4.78 is 8.02. The fourth-order valence-corrected chi connectivity index (χ4v) is 3.98. The zero-order chi connectivity index (χ0) is 21.3. The Labute approximate surface area is 176 Å². The van der Waals surface area contributed by atoms with Crippen LogP contribution in [0.2, 0.25) is 0 Å². The Morgan fingerprint density at radius 3 is 2.40 bits per heavy atom. The first-order chi connectivity index (χ1) is 14.4. The van der Waals surface area contributed by atoms with Gasteiger partial charge < -0.3 is 9.21 Å². The second kappa shape index (κ2) is 7.90. The lowest BCUT2D eigenvalue weighted by molar-refractivity contribution is -0.111. The van der Waals surface area contributed by atoms with Crippen LogP contribution in [0.1, 0.15) is 56.5 Å². The number of hydrogen-bond acceptors (Lipinski definition) is 4. The Hall–Kier alpha value is -3.21. The first kappa shape index (κ1) is 20.1. The third-order valence-electron chi connectivity index (χ3n) is 5.72. The fraction of sp³-hybridized carbons (Fsp3) is 0.320. The number of para-hydroxylation sites is 1. The average molecular weight is 402 g/mol. The Balaban J connectivity index is 1.95. The van der Waals surface area contributed by atoms with E-state index >= 15 is 0 Å². The van der Waals surface area contributed by atoms with Crippen molar-refractivity contribution < 1.29 is 9.21 Å². The summed E-state index contributed by atoms with van der Waals surface area (Å²) in [4.78, 5) is 12.0. The van der Waals surface area contributed by atoms with Crippen molar-refractivity contribution in [1.29, 1.82) is 0 Å². The second-order valence-electron chi connectivity index (χ2n) is 8.89. The van der Waals surface area contributed by atoms with Gasteiger partial charge in [0, 0.05) is 11.8 Å². The number of aromatic nitrogens is 3. The largest absolute Gasteiger partial charge is 0.467 e. The molecule has 154 valence electrons. The van der Waals surface area contributed by atoms with Crippen LogP contribution in [0.5, 0.6) is 0 Å². The molecule has 0 N–H and O–H groups in total. The minimum atomic E-state index is -0.309. The standard InChI is InChI=1S/C25H27N3O2/c1-17(15-29)23(18-10-6-5-7-11-18)24(22-14-19(16-30-22)25(2,3)4)28-21-13-9-8-12-20(21)26-27-28/h5-17,23-24H,1-4H3. The highest BCUT2D eigenvalue weighted by Crippen LogP contribution is 2.41. The lowest BCUT2D eigenvalue weighted by Crippen LogP contribution is -2.26. The first-order valence-corrected chi connectivity index (χ1v) is 10.3. The van der Waals surface area contributed by atoms with Gasteiger partial charge in [-0.2, -0.15) is 0 Å². The highest BCUT2D eigenvalue weighted by molar-refractivity contribution is 5.74. The van der Waals surface area contributed by atoms with Crippen LogP contribution in [0.15, 0.2) is 71.3 Å². The van der Waals surface area contributed by atoms with E-state index in [2.05, 4.69) is 49.3 Å². The molecule has 0 amide bonds. The maximum atomic E-state index is 12.0. The molecule has 0 aliphatic heterocycles. The van der Waals surface area contributed by atoms with Gasteiger partial charge in [-0.1, -0.05) is 75.4 Å². The highest BCUT2D eigenvalue weighted by Gasteiger charge is 2.35. The van der Waals surface area contributed by atoms with Crippen molar-refractivity contribution in [3.63, 3.8) is 0 Å². The zero-order valence-electron chi connectivity index (χ0n) is 17.8. The molecule has 2 aromatic heterocycles. The van der Waals surface area contributed by atoms with Crippen LogP contribution in [-0.2, 0) is 10.2 Å². The smallest absolute Gasteiger partial charge is 0.129 e. The Kier molecular flexibility index (Phi) is 5.29. The molecule has 3 unspecified atom stereocenters. The molecule has 0 bridgehead atoms. The Bertz CT molecular complexity index is 1140. The third kappa shape index (κ3) is 3.67. The van der Waals surface area contributed by atoms with Gasteiger partial charge in [-0.25, -0.2) is 4.68 Å². The summed E-state index contributed by atoms with van der Waals surface area (Å²) in [6, 6.07) is 19.8. The predicted octanol–water partition coefficient (Wildman–Crippen LogP) is 5.53. The normalized spacial score (nSPS) is 15.1. The summed E-state index contributed by atoms with van der Waals surface area (Å²) in [6.07, 6.45) is 2.83. The van der Waals surface area contributed by atoms with Gasteiger partial charge in [0.25, 0.3) is 0 Å². The number of furan rings is 1. The van der Waals surface area contributed by atoms with Gasteiger partial charge in [0.2, 0.25) is 0 Å². The van der Waals surface area contributed by atoms with Crippen LogP contribution in [-0.4, -0.2) is 21.3 Å². The first-order valence-electron chi connectivity index (χ1n) is 10.3. The zero-order valence-corrected chi connectivity index (χ0v) is 17.8. The van der Waals surface area contributed by atoms with Crippen molar-refractivity contribution in [3.05, 3.63) is 83.8 Å². The van der Waals surface area contributed by atoms with E-state index in [1.165, 1.54) is 0 Å². The third-order valence-corrected chi connectivity index (χ3v) is 5.72. The molecule has 5 nitrogen and oxygen atoms in total. The van der Waals surface area contributed by atoms with Crippen LogP contribution < -0.4 is 0 Å². The number of benzene rings is 2. The molecule has 0 spiro atoms. The molecule has 4 rings (SSSR count). The van der Waals surface area contributed by atoms with E-state index in [0.29, 0.717) is 0 Å². The van der Waals surface area contributed by atoms with E-state index in [9.17, 15) is 4.79 Å². The van der Waals surface area contributed by atoms with Crippen LogP contribution in [0.25, 0.3) is 11.0 Å². The second-order valence-corrected chi connectivity index (χ2v) is 8.89. The summed E-state index contributed by atoms with van der Waals surface area (Å²) in [7, 11) is 0.